The van der Waals surface area contributed by atoms with Crippen LogP contribution in [0, 0.1) is 6.92 Å². The zero-order valence-electron chi connectivity index (χ0n) is 11.1. The van der Waals surface area contributed by atoms with Crippen molar-refractivity contribution in [3.05, 3.63) is 53.9 Å². The van der Waals surface area contributed by atoms with Gasteiger partial charge in [-0.3, -0.25) is 4.98 Å². The maximum Gasteiger partial charge on any atom is 0.335 e. The number of carboxylic acid groups (broad SMARTS) is 1. The number of carbonyl (C=O) groups is 1. The number of hydrogen-bond acceptors (Lipinski definition) is 5. The van der Waals surface area contributed by atoms with Crippen molar-refractivity contribution in [2.24, 2.45) is 0 Å². The van der Waals surface area contributed by atoms with E-state index in [1.54, 1.807) is 18.3 Å². The van der Waals surface area contributed by atoms with Crippen LogP contribution >= 0.6 is 0 Å². The number of pyridine rings is 1. The van der Waals surface area contributed by atoms with Crippen LogP contribution in [0.5, 0.6) is 0 Å². The molecule has 0 aliphatic heterocycles. The minimum absolute atomic E-state index is 0.171. The van der Waals surface area contributed by atoms with Gasteiger partial charge in [0, 0.05) is 17.5 Å². The molecule has 3 aromatic rings. The molecule has 3 rings (SSSR count). The van der Waals surface area contributed by atoms with Gasteiger partial charge in [0.1, 0.15) is 0 Å². The lowest BCUT2D eigenvalue weighted by molar-refractivity contribution is 0.0697. The van der Waals surface area contributed by atoms with Crippen LogP contribution in [0.2, 0.25) is 0 Å². The molecule has 0 unspecified atom stereocenters. The fraction of sp³-hybridized carbons (Fsp3) is 0.0667. The van der Waals surface area contributed by atoms with E-state index in [1.165, 1.54) is 12.1 Å². The second-order valence-corrected chi connectivity index (χ2v) is 4.49. The molecule has 0 saturated carbocycles. The molecule has 2 aromatic heterocycles. The molecule has 6 nitrogen and oxygen atoms in total. The predicted octanol–water partition coefficient (Wildman–Crippen LogP) is 2.81. The van der Waals surface area contributed by atoms with Gasteiger partial charge in [0.05, 0.1) is 11.1 Å². The van der Waals surface area contributed by atoms with E-state index in [2.05, 4.69) is 15.2 Å². The first-order chi connectivity index (χ1) is 10.1. The Bertz CT molecular complexity index is 794. The first-order valence-corrected chi connectivity index (χ1v) is 6.24. The molecule has 21 heavy (non-hydrogen) atoms. The third kappa shape index (κ3) is 2.64. The summed E-state index contributed by atoms with van der Waals surface area (Å²) < 4.78 is 5.58. The van der Waals surface area contributed by atoms with Crippen molar-refractivity contribution < 1.29 is 14.3 Å². The van der Waals surface area contributed by atoms with Gasteiger partial charge in [-0.2, -0.15) is 0 Å². The highest BCUT2D eigenvalue weighted by Gasteiger charge is 2.12. The summed E-state index contributed by atoms with van der Waals surface area (Å²) in [5.74, 6) is -0.383. The average molecular weight is 281 g/mol. The van der Waals surface area contributed by atoms with Gasteiger partial charge in [-0.15, -0.1) is 10.2 Å². The van der Waals surface area contributed by atoms with Gasteiger partial charge in [-0.25, -0.2) is 4.79 Å². The number of aromatic nitrogens is 3. The van der Waals surface area contributed by atoms with Crippen molar-refractivity contribution in [1.82, 2.24) is 15.2 Å². The standard InChI is InChI=1S/C15H11N3O3/c1-9-5-6-12(8-16-9)14-18-17-13(21-14)10-3-2-4-11(7-10)15(19)20/h2-8H,1H3,(H,19,20). The summed E-state index contributed by atoms with van der Waals surface area (Å²) in [6.45, 7) is 1.89. The molecule has 0 aliphatic carbocycles. The van der Waals surface area contributed by atoms with E-state index in [4.69, 9.17) is 9.52 Å². The molecule has 2 heterocycles. The first-order valence-electron chi connectivity index (χ1n) is 6.24. The van der Waals surface area contributed by atoms with Crippen LogP contribution in [-0.2, 0) is 0 Å². The topological polar surface area (TPSA) is 89.1 Å². The SMILES string of the molecule is Cc1ccc(-c2nnc(-c3cccc(C(=O)O)c3)o2)cn1. The Morgan fingerprint density at radius 1 is 1.10 bits per heavy atom. The molecule has 1 aromatic carbocycles. The quantitative estimate of drug-likeness (QED) is 0.794. The molecule has 0 spiro atoms. The predicted molar refractivity (Wildman–Crippen MR) is 74.7 cm³/mol. The van der Waals surface area contributed by atoms with Crippen molar-refractivity contribution >= 4 is 5.97 Å². The van der Waals surface area contributed by atoms with Gasteiger partial charge >= 0.3 is 5.97 Å². The number of carboxylic acids is 1. The van der Waals surface area contributed by atoms with E-state index in [0.717, 1.165) is 5.69 Å². The Hall–Kier alpha value is -3.02. The summed E-state index contributed by atoms with van der Waals surface area (Å²) in [7, 11) is 0. The molecule has 0 saturated heterocycles. The van der Waals surface area contributed by atoms with E-state index in [1.807, 2.05) is 19.1 Å². The Kier molecular flexibility index (Phi) is 3.19. The minimum Gasteiger partial charge on any atom is -0.478 e. The van der Waals surface area contributed by atoms with E-state index in [-0.39, 0.29) is 11.5 Å². The molecule has 1 N–H and O–H groups in total. The highest BCUT2D eigenvalue weighted by molar-refractivity contribution is 5.88. The van der Waals surface area contributed by atoms with Crippen molar-refractivity contribution in [1.29, 1.82) is 0 Å². The summed E-state index contributed by atoms with van der Waals surface area (Å²) >= 11 is 0. The molecule has 0 aliphatic rings. The molecule has 104 valence electrons. The zero-order chi connectivity index (χ0) is 14.8. The van der Waals surface area contributed by atoms with E-state index < -0.39 is 5.97 Å². The normalized spacial score (nSPS) is 10.5. The van der Waals surface area contributed by atoms with Crippen LogP contribution in [-0.4, -0.2) is 26.3 Å². The van der Waals surface area contributed by atoms with Crippen LogP contribution in [0.25, 0.3) is 22.9 Å². The Morgan fingerprint density at radius 3 is 2.52 bits per heavy atom. The Balaban J connectivity index is 1.96. The fourth-order valence-electron chi connectivity index (χ4n) is 1.84. The second kappa shape index (κ2) is 5.16. The number of aryl methyl sites for hydroxylation is 1. The number of aromatic carboxylic acids is 1. The molecular formula is C15H11N3O3. The smallest absolute Gasteiger partial charge is 0.335 e. The van der Waals surface area contributed by atoms with Gasteiger partial charge in [-0.05, 0) is 37.3 Å². The minimum atomic E-state index is -1.00. The van der Waals surface area contributed by atoms with Crippen LogP contribution < -0.4 is 0 Å². The molecule has 0 atom stereocenters. The van der Waals surface area contributed by atoms with Crippen LogP contribution in [0.4, 0.5) is 0 Å². The molecule has 0 amide bonds. The number of hydrogen-bond donors (Lipinski definition) is 1. The summed E-state index contributed by atoms with van der Waals surface area (Å²) in [5.41, 5.74) is 2.35. The van der Waals surface area contributed by atoms with Crippen LogP contribution in [0.3, 0.4) is 0 Å². The van der Waals surface area contributed by atoms with Crippen molar-refractivity contribution in [2.45, 2.75) is 6.92 Å². The average Bonchev–Trinajstić information content (AvgIpc) is 2.98. The monoisotopic (exact) mass is 281 g/mol. The van der Waals surface area contributed by atoms with E-state index in [0.29, 0.717) is 17.0 Å². The van der Waals surface area contributed by atoms with Gasteiger partial charge < -0.3 is 9.52 Å². The molecule has 6 heteroatoms. The molecular weight excluding hydrogens is 270 g/mol. The third-order valence-electron chi connectivity index (χ3n) is 2.94. The summed E-state index contributed by atoms with van der Waals surface area (Å²) in [6.07, 6.45) is 1.65. The zero-order valence-corrected chi connectivity index (χ0v) is 11.1. The fourth-order valence-corrected chi connectivity index (χ4v) is 1.84. The van der Waals surface area contributed by atoms with Crippen LogP contribution in [0.1, 0.15) is 16.1 Å². The number of benzene rings is 1. The highest BCUT2D eigenvalue weighted by Crippen LogP contribution is 2.24. The second-order valence-electron chi connectivity index (χ2n) is 4.49. The summed E-state index contributed by atoms with van der Waals surface area (Å²) in [4.78, 5) is 15.1. The third-order valence-corrected chi connectivity index (χ3v) is 2.94. The largest absolute Gasteiger partial charge is 0.478 e. The Labute approximate surface area is 120 Å². The van der Waals surface area contributed by atoms with Gasteiger partial charge in [0.15, 0.2) is 0 Å². The van der Waals surface area contributed by atoms with E-state index in [9.17, 15) is 4.79 Å². The van der Waals surface area contributed by atoms with Crippen molar-refractivity contribution in [3.63, 3.8) is 0 Å². The summed E-state index contributed by atoms with van der Waals surface area (Å²) in [5, 5.41) is 16.9. The first kappa shape index (κ1) is 13.0. The van der Waals surface area contributed by atoms with Crippen molar-refractivity contribution in [2.75, 3.05) is 0 Å². The molecule has 0 bridgehead atoms. The Morgan fingerprint density at radius 2 is 1.86 bits per heavy atom. The molecule has 0 radical (unpaired) electrons. The lowest BCUT2D eigenvalue weighted by Gasteiger charge is -1.97. The molecule has 0 fully saturated rings. The maximum atomic E-state index is 11.0. The van der Waals surface area contributed by atoms with Crippen LogP contribution in [0.15, 0.2) is 47.0 Å². The highest BCUT2D eigenvalue weighted by atomic mass is 16.4. The van der Waals surface area contributed by atoms with Crippen molar-refractivity contribution in [3.8, 4) is 22.9 Å². The van der Waals surface area contributed by atoms with Gasteiger partial charge in [0.25, 0.3) is 0 Å². The van der Waals surface area contributed by atoms with E-state index >= 15 is 0 Å². The van der Waals surface area contributed by atoms with Gasteiger partial charge in [0.2, 0.25) is 11.8 Å². The maximum absolute atomic E-state index is 11.0. The lowest BCUT2D eigenvalue weighted by Crippen LogP contribution is -1.95. The van der Waals surface area contributed by atoms with Gasteiger partial charge in [-0.1, -0.05) is 6.07 Å². The number of nitrogens with zero attached hydrogens (tertiary/aromatic N) is 3. The summed E-state index contributed by atoms with van der Waals surface area (Å²) in [6, 6.07) is 10.0. The number of rotatable bonds is 3. The lowest BCUT2D eigenvalue weighted by atomic mass is 10.1.